The molecule has 1 N–H and O–H groups in total. The second-order valence-corrected chi connectivity index (χ2v) is 8.53. The zero-order valence-electron chi connectivity index (χ0n) is 14.7. The number of rotatable bonds is 6. The number of para-hydroxylation sites is 1. The van der Waals surface area contributed by atoms with E-state index in [1.165, 1.54) is 19.1 Å². The van der Waals surface area contributed by atoms with E-state index in [-0.39, 0.29) is 10.7 Å². The summed E-state index contributed by atoms with van der Waals surface area (Å²) in [6.07, 6.45) is 1.76. The third-order valence-electron chi connectivity index (χ3n) is 3.89. The van der Waals surface area contributed by atoms with Crippen LogP contribution in [0.15, 0.2) is 42.5 Å². The third kappa shape index (κ3) is 4.69. The van der Waals surface area contributed by atoms with Crippen LogP contribution in [0.3, 0.4) is 0 Å². The monoisotopic (exact) mass is 414 g/mol. The number of sulfonamides is 1. The van der Waals surface area contributed by atoms with Crippen molar-refractivity contribution in [2.45, 2.75) is 26.3 Å². The topological polar surface area (TPSA) is 66.5 Å². The number of carbonyl (C=O) groups excluding carboxylic acids is 1. The van der Waals surface area contributed by atoms with Gasteiger partial charge in [0.2, 0.25) is 15.9 Å². The van der Waals surface area contributed by atoms with Gasteiger partial charge in [-0.1, -0.05) is 48.3 Å². The van der Waals surface area contributed by atoms with Crippen LogP contribution in [0.2, 0.25) is 10.0 Å². The number of carbonyl (C=O) groups is 1. The number of nitrogens with one attached hydrogen (secondary N) is 1. The summed E-state index contributed by atoms with van der Waals surface area (Å²) in [5, 5.41) is 3.31. The molecule has 0 fully saturated rings. The molecule has 0 aliphatic carbocycles. The van der Waals surface area contributed by atoms with Crippen LogP contribution in [0.1, 0.15) is 19.4 Å². The molecule has 140 valence electrons. The number of nitrogens with zero attached hydrogens (tertiary/aromatic N) is 1. The molecule has 0 saturated carbocycles. The standard InChI is InChI=1S/C18H20Cl2N2O3S/c1-4-13-7-5-6-8-16(13)21-18(23)12(2)22(26(3,24)25)17-11-14(19)9-10-15(17)20/h5-12H,4H2,1-3H3,(H,21,23). The summed E-state index contributed by atoms with van der Waals surface area (Å²) in [5.74, 6) is -0.465. The maximum absolute atomic E-state index is 12.7. The predicted octanol–water partition coefficient (Wildman–Crippen LogP) is 4.35. The van der Waals surface area contributed by atoms with Gasteiger partial charge in [-0.25, -0.2) is 8.42 Å². The molecular formula is C18H20Cl2N2O3S. The Morgan fingerprint density at radius 2 is 1.85 bits per heavy atom. The first kappa shape index (κ1) is 20.6. The largest absolute Gasteiger partial charge is 0.324 e. The van der Waals surface area contributed by atoms with Gasteiger partial charge in [0.15, 0.2) is 0 Å². The van der Waals surface area contributed by atoms with Gasteiger partial charge in [-0.2, -0.15) is 0 Å². The Labute approximate surface area is 164 Å². The molecule has 0 spiro atoms. The van der Waals surface area contributed by atoms with Crippen LogP contribution in [-0.2, 0) is 21.2 Å². The Morgan fingerprint density at radius 1 is 1.19 bits per heavy atom. The maximum Gasteiger partial charge on any atom is 0.248 e. The van der Waals surface area contributed by atoms with E-state index in [1.807, 2.05) is 25.1 Å². The summed E-state index contributed by atoms with van der Waals surface area (Å²) in [5.41, 5.74) is 1.77. The number of amides is 1. The molecule has 0 aliphatic rings. The van der Waals surface area contributed by atoms with Gasteiger partial charge in [-0.05, 0) is 43.2 Å². The van der Waals surface area contributed by atoms with Crippen molar-refractivity contribution in [2.75, 3.05) is 15.9 Å². The minimum absolute atomic E-state index is 0.160. The normalized spacial score (nSPS) is 12.5. The molecule has 1 unspecified atom stereocenters. The van der Waals surface area contributed by atoms with Crippen LogP contribution in [0.5, 0.6) is 0 Å². The average Bonchev–Trinajstić information content (AvgIpc) is 2.57. The van der Waals surface area contributed by atoms with E-state index in [0.29, 0.717) is 10.7 Å². The van der Waals surface area contributed by atoms with Crippen LogP contribution < -0.4 is 9.62 Å². The molecule has 26 heavy (non-hydrogen) atoms. The van der Waals surface area contributed by atoms with Crippen molar-refractivity contribution in [1.29, 1.82) is 0 Å². The van der Waals surface area contributed by atoms with Gasteiger partial charge in [0.05, 0.1) is 17.0 Å². The zero-order valence-corrected chi connectivity index (χ0v) is 17.0. The summed E-state index contributed by atoms with van der Waals surface area (Å²) in [4.78, 5) is 12.7. The number of hydrogen-bond donors (Lipinski definition) is 1. The lowest BCUT2D eigenvalue weighted by atomic mass is 10.1. The summed E-state index contributed by atoms with van der Waals surface area (Å²) in [6, 6.07) is 10.8. The summed E-state index contributed by atoms with van der Waals surface area (Å²) in [7, 11) is -3.78. The molecule has 5 nitrogen and oxygen atoms in total. The Morgan fingerprint density at radius 3 is 2.46 bits per heavy atom. The molecular weight excluding hydrogens is 395 g/mol. The molecule has 2 rings (SSSR count). The van der Waals surface area contributed by atoms with Gasteiger partial charge in [-0.15, -0.1) is 0 Å². The number of hydrogen-bond acceptors (Lipinski definition) is 3. The Bertz CT molecular complexity index is 916. The van der Waals surface area contributed by atoms with Crippen molar-refractivity contribution in [3.63, 3.8) is 0 Å². The second-order valence-electron chi connectivity index (χ2n) is 5.83. The first-order valence-corrected chi connectivity index (χ1v) is 10.6. The summed E-state index contributed by atoms with van der Waals surface area (Å²) >= 11 is 12.1. The number of aryl methyl sites for hydroxylation is 1. The van der Waals surface area contributed by atoms with Gasteiger partial charge < -0.3 is 5.32 Å². The van der Waals surface area contributed by atoms with Gasteiger partial charge in [0, 0.05) is 10.7 Å². The number of anilines is 2. The molecule has 0 aliphatic heterocycles. The van der Waals surface area contributed by atoms with E-state index in [1.54, 1.807) is 12.1 Å². The van der Waals surface area contributed by atoms with Crippen LogP contribution in [0, 0.1) is 0 Å². The van der Waals surface area contributed by atoms with Gasteiger partial charge in [-0.3, -0.25) is 9.10 Å². The van der Waals surface area contributed by atoms with Crippen LogP contribution in [-0.4, -0.2) is 26.6 Å². The molecule has 2 aromatic carbocycles. The quantitative estimate of drug-likeness (QED) is 0.763. The van der Waals surface area contributed by atoms with Crippen LogP contribution >= 0.6 is 23.2 Å². The van der Waals surface area contributed by atoms with E-state index in [4.69, 9.17) is 23.2 Å². The van der Waals surface area contributed by atoms with Crippen LogP contribution in [0.4, 0.5) is 11.4 Å². The van der Waals surface area contributed by atoms with Crippen molar-refractivity contribution in [1.82, 2.24) is 0 Å². The Kier molecular flexibility index (Phi) is 6.55. The van der Waals surface area contributed by atoms with E-state index >= 15 is 0 Å². The lowest BCUT2D eigenvalue weighted by molar-refractivity contribution is -0.116. The van der Waals surface area contributed by atoms with Gasteiger partial charge in [0.25, 0.3) is 0 Å². The summed E-state index contributed by atoms with van der Waals surface area (Å²) < 4.78 is 25.7. The molecule has 2 aromatic rings. The third-order valence-corrected chi connectivity index (χ3v) is 5.67. The van der Waals surface area contributed by atoms with Crippen molar-refractivity contribution >= 4 is 50.5 Å². The molecule has 1 atom stereocenters. The molecule has 0 bridgehead atoms. The average molecular weight is 415 g/mol. The van der Waals surface area contributed by atoms with Gasteiger partial charge in [0.1, 0.15) is 6.04 Å². The fourth-order valence-electron chi connectivity index (χ4n) is 2.62. The minimum atomic E-state index is -3.78. The maximum atomic E-state index is 12.7. The number of benzene rings is 2. The zero-order chi connectivity index (χ0) is 19.5. The predicted molar refractivity (Wildman–Crippen MR) is 108 cm³/mol. The molecule has 0 heterocycles. The second kappa shape index (κ2) is 8.29. The molecule has 8 heteroatoms. The van der Waals surface area contributed by atoms with Crippen molar-refractivity contribution in [3.05, 3.63) is 58.1 Å². The fourth-order valence-corrected chi connectivity index (χ4v) is 4.23. The highest BCUT2D eigenvalue weighted by Gasteiger charge is 2.31. The van der Waals surface area contributed by atoms with Crippen molar-refractivity contribution < 1.29 is 13.2 Å². The van der Waals surface area contributed by atoms with Crippen molar-refractivity contribution in [2.24, 2.45) is 0 Å². The fraction of sp³-hybridized carbons (Fsp3) is 0.278. The molecule has 0 aromatic heterocycles. The van der Waals surface area contributed by atoms with E-state index in [9.17, 15) is 13.2 Å². The first-order valence-electron chi connectivity index (χ1n) is 7.98. The van der Waals surface area contributed by atoms with Gasteiger partial charge >= 0.3 is 0 Å². The Hall–Kier alpha value is -1.76. The molecule has 1 amide bonds. The van der Waals surface area contributed by atoms with E-state index in [0.717, 1.165) is 22.5 Å². The highest BCUT2D eigenvalue weighted by molar-refractivity contribution is 7.92. The van der Waals surface area contributed by atoms with E-state index in [2.05, 4.69) is 5.32 Å². The minimum Gasteiger partial charge on any atom is -0.324 e. The van der Waals surface area contributed by atoms with Crippen LogP contribution in [0.25, 0.3) is 0 Å². The molecule has 0 saturated heterocycles. The SMILES string of the molecule is CCc1ccccc1NC(=O)C(C)N(c1cc(Cl)ccc1Cl)S(C)(=O)=O. The van der Waals surface area contributed by atoms with Crippen molar-refractivity contribution in [3.8, 4) is 0 Å². The Balaban J connectivity index is 2.40. The first-order chi connectivity index (χ1) is 12.1. The lowest BCUT2D eigenvalue weighted by Gasteiger charge is -2.29. The molecule has 0 radical (unpaired) electrons. The highest BCUT2D eigenvalue weighted by atomic mass is 35.5. The summed E-state index contributed by atoms with van der Waals surface area (Å²) in [6.45, 7) is 3.48. The highest BCUT2D eigenvalue weighted by Crippen LogP contribution is 2.32. The van der Waals surface area contributed by atoms with E-state index < -0.39 is 22.0 Å². The smallest absolute Gasteiger partial charge is 0.248 e. The lowest BCUT2D eigenvalue weighted by Crippen LogP contribution is -2.45. The number of halogens is 2.